The van der Waals surface area contributed by atoms with Crippen LogP contribution in [0.2, 0.25) is 0 Å². The van der Waals surface area contributed by atoms with E-state index in [2.05, 4.69) is 10.9 Å². The maximum Gasteiger partial charge on any atom is 0.279 e. The summed E-state index contributed by atoms with van der Waals surface area (Å²) in [4.78, 5) is 23.8. The molecule has 0 aliphatic rings. The summed E-state index contributed by atoms with van der Waals surface area (Å²) < 4.78 is 10.9. The molecule has 24 heavy (non-hydrogen) atoms. The number of benzene rings is 2. The number of hydrazine groups is 1. The second-order valence-corrected chi connectivity index (χ2v) is 4.97. The third-order valence-electron chi connectivity index (χ3n) is 3.15. The molecular formula is C18H20N2O4. The van der Waals surface area contributed by atoms with Crippen molar-refractivity contribution in [1.82, 2.24) is 10.9 Å². The Morgan fingerprint density at radius 1 is 0.958 bits per heavy atom. The molecule has 0 heterocycles. The quantitative estimate of drug-likeness (QED) is 0.798. The Morgan fingerprint density at radius 3 is 2.21 bits per heavy atom. The summed E-state index contributed by atoms with van der Waals surface area (Å²) in [6.07, 6.45) is -0.765. The minimum absolute atomic E-state index is 0.391. The maximum atomic E-state index is 12.0. The maximum absolute atomic E-state index is 12.0. The molecule has 6 nitrogen and oxygen atoms in total. The molecule has 0 unspecified atom stereocenters. The van der Waals surface area contributed by atoms with Crippen molar-refractivity contribution in [1.29, 1.82) is 0 Å². The van der Waals surface area contributed by atoms with Gasteiger partial charge in [-0.1, -0.05) is 18.2 Å². The van der Waals surface area contributed by atoms with Crippen molar-refractivity contribution in [2.45, 2.75) is 20.0 Å². The van der Waals surface area contributed by atoms with E-state index >= 15 is 0 Å². The first-order valence-corrected chi connectivity index (χ1v) is 7.65. The van der Waals surface area contributed by atoms with Crippen LogP contribution in [0, 0.1) is 0 Å². The Labute approximate surface area is 140 Å². The summed E-state index contributed by atoms with van der Waals surface area (Å²) in [5, 5.41) is 0. The van der Waals surface area contributed by atoms with Crippen molar-refractivity contribution in [2.24, 2.45) is 0 Å². The molecule has 0 saturated carbocycles. The molecule has 0 bridgehead atoms. The molecule has 0 fully saturated rings. The lowest BCUT2D eigenvalue weighted by Crippen LogP contribution is -2.47. The van der Waals surface area contributed by atoms with E-state index in [1.807, 2.05) is 13.0 Å². The third kappa shape index (κ3) is 5.01. The van der Waals surface area contributed by atoms with Gasteiger partial charge in [-0.2, -0.15) is 0 Å². The molecule has 126 valence electrons. The average molecular weight is 328 g/mol. The number of carbonyl (C=O) groups is 2. The van der Waals surface area contributed by atoms with Gasteiger partial charge in [0, 0.05) is 5.56 Å². The second kappa shape index (κ2) is 8.57. The number of amides is 2. The van der Waals surface area contributed by atoms with E-state index in [-0.39, 0.29) is 0 Å². The van der Waals surface area contributed by atoms with Gasteiger partial charge in [-0.15, -0.1) is 0 Å². The zero-order valence-corrected chi connectivity index (χ0v) is 13.6. The molecule has 2 rings (SSSR count). The van der Waals surface area contributed by atoms with Crippen molar-refractivity contribution in [3.8, 4) is 11.5 Å². The number of ether oxygens (including phenoxy) is 2. The van der Waals surface area contributed by atoms with Gasteiger partial charge in [-0.05, 0) is 50.2 Å². The van der Waals surface area contributed by atoms with Crippen LogP contribution in [0.1, 0.15) is 24.2 Å². The molecule has 0 aromatic heterocycles. The summed E-state index contributed by atoms with van der Waals surface area (Å²) in [5.41, 5.74) is 5.15. The van der Waals surface area contributed by atoms with Crippen molar-refractivity contribution >= 4 is 11.8 Å². The molecular weight excluding hydrogens is 308 g/mol. The Hall–Kier alpha value is -3.02. The lowest BCUT2D eigenvalue weighted by Gasteiger charge is -2.15. The van der Waals surface area contributed by atoms with Gasteiger partial charge in [-0.3, -0.25) is 20.4 Å². The molecule has 2 amide bonds. The molecule has 0 aliphatic carbocycles. The smallest absolute Gasteiger partial charge is 0.279 e. The van der Waals surface area contributed by atoms with Crippen molar-refractivity contribution in [2.75, 3.05) is 6.61 Å². The highest BCUT2D eigenvalue weighted by molar-refractivity contribution is 5.95. The fraction of sp³-hybridized carbons (Fsp3) is 0.222. The number of hydrogen-bond acceptors (Lipinski definition) is 4. The average Bonchev–Trinajstić information content (AvgIpc) is 2.62. The van der Waals surface area contributed by atoms with Crippen LogP contribution in [0.25, 0.3) is 0 Å². The van der Waals surface area contributed by atoms with E-state index in [0.717, 1.165) is 5.75 Å². The van der Waals surface area contributed by atoms with Crippen LogP contribution in [0.3, 0.4) is 0 Å². The molecule has 0 saturated heterocycles. The lowest BCUT2D eigenvalue weighted by atomic mass is 10.2. The Bertz CT molecular complexity index is 671. The van der Waals surface area contributed by atoms with Gasteiger partial charge in [0.15, 0.2) is 6.10 Å². The SMILES string of the molecule is CCOc1ccc(O[C@@H](C)C(=O)NNC(=O)c2ccccc2)cc1. The van der Waals surface area contributed by atoms with Crippen LogP contribution in [0.4, 0.5) is 0 Å². The summed E-state index contributed by atoms with van der Waals surface area (Å²) in [6, 6.07) is 15.6. The van der Waals surface area contributed by atoms with E-state index < -0.39 is 17.9 Å². The molecule has 2 aromatic carbocycles. The van der Waals surface area contributed by atoms with Gasteiger partial charge < -0.3 is 9.47 Å². The summed E-state index contributed by atoms with van der Waals surface area (Å²) in [6.45, 7) is 4.08. The van der Waals surface area contributed by atoms with E-state index in [0.29, 0.717) is 17.9 Å². The van der Waals surface area contributed by atoms with Crippen LogP contribution >= 0.6 is 0 Å². The Kier molecular flexibility index (Phi) is 6.19. The number of rotatable bonds is 6. The zero-order valence-electron chi connectivity index (χ0n) is 13.6. The van der Waals surface area contributed by atoms with Gasteiger partial charge in [0.05, 0.1) is 6.61 Å². The molecule has 1 atom stereocenters. The number of nitrogens with one attached hydrogen (secondary N) is 2. The monoisotopic (exact) mass is 328 g/mol. The molecule has 2 aromatic rings. The normalized spacial score (nSPS) is 11.2. The minimum Gasteiger partial charge on any atom is -0.494 e. The first kappa shape index (κ1) is 17.3. The van der Waals surface area contributed by atoms with Gasteiger partial charge >= 0.3 is 0 Å². The van der Waals surface area contributed by atoms with E-state index in [1.165, 1.54) is 0 Å². The fourth-order valence-corrected chi connectivity index (χ4v) is 1.92. The molecule has 0 spiro atoms. The van der Waals surface area contributed by atoms with Crippen LogP contribution in [-0.2, 0) is 4.79 Å². The van der Waals surface area contributed by atoms with Gasteiger partial charge in [-0.25, -0.2) is 0 Å². The van der Waals surface area contributed by atoms with Crippen molar-refractivity contribution < 1.29 is 19.1 Å². The highest BCUT2D eigenvalue weighted by Crippen LogP contribution is 2.18. The predicted octanol–water partition coefficient (Wildman–Crippen LogP) is 2.31. The highest BCUT2D eigenvalue weighted by Gasteiger charge is 2.15. The van der Waals surface area contributed by atoms with Crippen LogP contribution in [0.15, 0.2) is 54.6 Å². The Morgan fingerprint density at radius 2 is 1.58 bits per heavy atom. The minimum atomic E-state index is -0.765. The van der Waals surface area contributed by atoms with Gasteiger partial charge in [0.2, 0.25) is 0 Å². The van der Waals surface area contributed by atoms with Gasteiger partial charge in [0.25, 0.3) is 11.8 Å². The van der Waals surface area contributed by atoms with Gasteiger partial charge in [0.1, 0.15) is 11.5 Å². The third-order valence-corrected chi connectivity index (χ3v) is 3.15. The first-order valence-electron chi connectivity index (χ1n) is 7.65. The summed E-state index contributed by atoms with van der Waals surface area (Å²) in [7, 11) is 0. The lowest BCUT2D eigenvalue weighted by molar-refractivity contribution is -0.128. The largest absolute Gasteiger partial charge is 0.494 e. The van der Waals surface area contributed by atoms with E-state index in [1.54, 1.807) is 55.5 Å². The first-order chi connectivity index (χ1) is 11.6. The highest BCUT2D eigenvalue weighted by atomic mass is 16.5. The van der Waals surface area contributed by atoms with E-state index in [9.17, 15) is 9.59 Å². The number of hydrogen-bond donors (Lipinski definition) is 2. The molecule has 2 N–H and O–H groups in total. The second-order valence-electron chi connectivity index (χ2n) is 4.97. The Balaban J connectivity index is 1.82. The fourth-order valence-electron chi connectivity index (χ4n) is 1.92. The molecule has 0 aliphatic heterocycles. The predicted molar refractivity (Wildman–Crippen MR) is 89.8 cm³/mol. The summed E-state index contributed by atoms with van der Waals surface area (Å²) >= 11 is 0. The van der Waals surface area contributed by atoms with E-state index in [4.69, 9.17) is 9.47 Å². The van der Waals surface area contributed by atoms with Crippen LogP contribution in [0.5, 0.6) is 11.5 Å². The van der Waals surface area contributed by atoms with Crippen molar-refractivity contribution in [3.05, 3.63) is 60.2 Å². The van der Waals surface area contributed by atoms with Crippen LogP contribution in [-0.4, -0.2) is 24.5 Å². The van der Waals surface area contributed by atoms with Crippen LogP contribution < -0.4 is 20.3 Å². The van der Waals surface area contributed by atoms with Crippen molar-refractivity contribution in [3.63, 3.8) is 0 Å². The topological polar surface area (TPSA) is 76.7 Å². The summed E-state index contributed by atoms with van der Waals surface area (Å²) in [5.74, 6) is 0.429. The standard InChI is InChI=1S/C18H20N2O4/c1-3-23-15-9-11-16(12-10-15)24-13(2)17(21)19-20-18(22)14-7-5-4-6-8-14/h4-13H,3H2,1-2H3,(H,19,21)(H,20,22)/t13-/m0/s1. The number of carbonyl (C=O) groups excluding carboxylic acids is 2. The molecule has 6 heteroatoms. The molecule has 0 radical (unpaired) electrons. The zero-order chi connectivity index (χ0) is 17.4.